The molecule has 0 bridgehead atoms. The molecule has 0 atom stereocenters. The molecule has 3 nitrogen and oxygen atoms in total. The van der Waals surface area contributed by atoms with E-state index in [-0.39, 0.29) is 0 Å². The van der Waals surface area contributed by atoms with Gasteiger partial charge in [0.25, 0.3) is 6.01 Å². The van der Waals surface area contributed by atoms with Crippen molar-refractivity contribution in [3.8, 4) is 6.01 Å². The molecule has 0 spiro atoms. The summed E-state index contributed by atoms with van der Waals surface area (Å²) >= 11 is 0. The van der Waals surface area contributed by atoms with Gasteiger partial charge in [-0.05, 0) is 19.3 Å². The third-order valence-electron chi connectivity index (χ3n) is 2.38. The molecule has 1 aromatic rings. The Labute approximate surface area is 92.3 Å². The van der Waals surface area contributed by atoms with Crippen LogP contribution < -0.4 is 4.74 Å². The molecule has 1 N–H and O–H groups in total. The second-order valence-corrected chi connectivity index (χ2v) is 3.86. The van der Waals surface area contributed by atoms with Crippen molar-refractivity contribution in [1.82, 2.24) is 9.97 Å². The lowest BCUT2D eigenvalue weighted by atomic mass is 10.2. The number of unbranched alkanes of at least 4 members (excludes halogenated alkanes) is 3. The van der Waals surface area contributed by atoms with E-state index in [1.807, 2.05) is 6.20 Å². The first-order valence-corrected chi connectivity index (χ1v) is 6.04. The number of hydrogen-bond acceptors (Lipinski definition) is 2. The molecule has 0 radical (unpaired) electrons. The fourth-order valence-corrected chi connectivity index (χ4v) is 1.41. The lowest BCUT2D eigenvalue weighted by Crippen LogP contribution is -1.97. The number of aromatic amines is 1. The van der Waals surface area contributed by atoms with Crippen LogP contribution in [0.5, 0.6) is 6.01 Å². The Balaban J connectivity index is 2.23. The van der Waals surface area contributed by atoms with Gasteiger partial charge in [-0.1, -0.05) is 33.1 Å². The van der Waals surface area contributed by atoms with E-state index < -0.39 is 0 Å². The van der Waals surface area contributed by atoms with E-state index in [2.05, 4.69) is 23.8 Å². The summed E-state index contributed by atoms with van der Waals surface area (Å²) in [7, 11) is 0. The van der Waals surface area contributed by atoms with Gasteiger partial charge < -0.3 is 9.72 Å². The second-order valence-electron chi connectivity index (χ2n) is 3.86. The van der Waals surface area contributed by atoms with Crippen molar-refractivity contribution in [2.24, 2.45) is 0 Å². The fraction of sp³-hybridized carbons (Fsp3) is 0.750. The van der Waals surface area contributed by atoms with Crippen LogP contribution in [0.1, 0.15) is 51.6 Å². The van der Waals surface area contributed by atoms with E-state index in [4.69, 9.17) is 4.74 Å². The molecule has 15 heavy (non-hydrogen) atoms. The van der Waals surface area contributed by atoms with Crippen molar-refractivity contribution in [2.75, 3.05) is 6.61 Å². The first-order chi connectivity index (χ1) is 7.36. The number of ether oxygens (including phenoxy) is 1. The Morgan fingerprint density at radius 3 is 2.73 bits per heavy atom. The Kier molecular flexibility index (Phi) is 5.90. The third kappa shape index (κ3) is 4.86. The molecule has 3 heteroatoms. The molecule has 0 aromatic carbocycles. The summed E-state index contributed by atoms with van der Waals surface area (Å²) in [6.07, 6.45) is 9.01. The molecule has 0 saturated carbocycles. The highest BCUT2D eigenvalue weighted by atomic mass is 16.5. The molecule has 86 valence electrons. The van der Waals surface area contributed by atoms with Crippen LogP contribution in [0, 0.1) is 0 Å². The zero-order valence-corrected chi connectivity index (χ0v) is 9.88. The molecule has 0 saturated heterocycles. The van der Waals surface area contributed by atoms with Crippen LogP contribution in [-0.2, 0) is 6.42 Å². The maximum Gasteiger partial charge on any atom is 0.293 e. The van der Waals surface area contributed by atoms with Gasteiger partial charge >= 0.3 is 0 Å². The van der Waals surface area contributed by atoms with Crippen LogP contribution >= 0.6 is 0 Å². The zero-order chi connectivity index (χ0) is 10.9. The van der Waals surface area contributed by atoms with Crippen molar-refractivity contribution < 1.29 is 4.74 Å². The first-order valence-electron chi connectivity index (χ1n) is 6.04. The van der Waals surface area contributed by atoms with Gasteiger partial charge in [-0.3, -0.25) is 0 Å². The van der Waals surface area contributed by atoms with E-state index >= 15 is 0 Å². The van der Waals surface area contributed by atoms with Gasteiger partial charge in [0, 0.05) is 6.20 Å². The van der Waals surface area contributed by atoms with Gasteiger partial charge in [0.1, 0.15) is 0 Å². The summed E-state index contributed by atoms with van der Waals surface area (Å²) in [5, 5.41) is 0. The van der Waals surface area contributed by atoms with Crippen molar-refractivity contribution in [2.45, 2.75) is 52.4 Å². The third-order valence-corrected chi connectivity index (χ3v) is 2.38. The minimum absolute atomic E-state index is 0.676. The topological polar surface area (TPSA) is 37.9 Å². The van der Waals surface area contributed by atoms with Crippen molar-refractivity contribution in [1.29, 1.82) is 0 Å². The van der Waals surface area contributed by atoms with E-state index in [1.54, 1.807) is 0 Å². The molecule has 0 unspecified atom stereocenters. The summed E-state index contributed by atoms with van der Waals surface area (Å²) < 4.78 is 5.47. The van der Waals surface area contributed by atoms with E-state index in [0.717, 1.165) is 31.6 Å². The van der Waals surface area contributed by atoms with Gasteiger partial charge in [-0.15, -0.1) is 0 Å². The van der Waals surface area contributed by atoms with Gasteiger partial charge in [-0.2, -0.15) is 0 Å². The molecule has 0 amide bonds. The number of H-pyrrole nitrogens is 1. The number of aromatic nitrogens is 2. The predicted octanol–water partition coefficient (Wildman–Crippen LogP) is 3.32. The first kappa shape index (κ1) is 12.1. The van der Waals surface area contributed by atoms with E-state index in [0.29, 0.717) is 6.01 Å². The van der Waals surface area contributed by atoms with Gasteiger partial charge in [0.2, 0.25) is 0 Å². The summed E-state index contributed by atoms with van der Waals surface area (Å²) in [5.41, 5.74) is 1.12. The lowest BCUT2D eigenvalue weighted by Gasteiger charge is -1.99. The van der Waals surface area contributed by atoms with Gasteiger partial charge in [0.05, 0.1) is 12.3 Å². The molecule has 0 fully saturated rings. The number of imidazole rings is 1. The Hall–Kier alpha value is -0.990. The van der Waals surface area contributed by atoms with Gasteiger partial charge in [-0.25, -0.2) is 4.98 Å². The number of nitrogens with one attached hydrogen (secondary N) is 1. The highest BCUT2D eigenvalue weighted by Crippen LogP contribution is 2.09. The average Bonchev–Trinajstić information content (AvgIpc) is 2.67. The summed E-state index contributed by atoms with van der Waals surface area (Å²) in [6.45, 7) is 5.13. The molecular weight excluding hydrogens is 188 g/mol. The Morgan fingerprint density at radius 2 is 2.00 bits per heavy atom. The SMILES string of the molecule is CCCCCc1c[nH]c(OCCCC)n1. The molecule has 0 aliphatic rings. The standard InChI is InChI=1S/C12H22N2O/c1-3-5-7-8-11-10-13-12(14-11)15-9-6-4-2/h10H,3-9H2,1-2H3,(H,13,14). The molecule has 1 aromatic heterocycles. The maximum atomic E-state index is 5.47. The normalized spacial score (nSPS) is 10.5. The van der Waals surface area contributed by atoms with Crippen molar-refractivity contribution in [3.63, 3.8) is 0 Å². The van der Waals surface area contributed by atoms with Crippen LogP contribution in [0.3, 0.4) is 0 Å². The molecular formula is C12H22N2O. The largest absolute Gasteiger partial charge is 0.465 e. The van der Waals surface area contributed by atoms with Crippen molar-refractivity contribution >= 4 is 0 Å². The fourth-order valence-electron chi connectivity index (χ4n) is 1.41. The maximum absolute atomic E-state index is 5.47. The van der Waals surface area contributed by atoms with E-state index in [1.165, 1.54) is 19.3 Å². The minimum Gasteiger partial charge on any atom is -0.465 e. The van der Waals surface area contributed by atoms with Crippen molar-refractivity contribution in [3.05, 3.63) is 11.9 Å². The Morgan fingerprint density at radius 1 is 1.20 bits per heavy atom. The number of aryl methyl sites for hydroxylation is 1. The number of rotatable bonds is 8. The predicted molar refractivity (Wildman–Crippen MR) is 62.2 cm³/mol. The van der Waals surface area contributed by atoms with Crippen LogP contribution in [0.2, 0.25) is 0 Å². The van der Waals surface area contributed by atoms with Crippen LogP contribution in [0.15, 0.2) is 6.20 Å². The number of nitrogens with zero attached hydrogens (tertiary/aromatic N) is 1. The highest BCUT2D eigenvalue weighted by Gasteiger charge is 2.01. The van der Waals surface area contributed by atoms with E-state index in [9.17, 15) is 0 Å². The van der Waals surface area contributed by atoms with Crippen LogP contribution in [-0.4, -0.2) is 16.6 Å². The van der Waals surface area contributed by atoms with Crippen LogP contribution in [0.25, 0.3) is 0 Å². The minimum atomic E-state index is 0.676. The summed E-state index contributed by atoms with van der Waals surface area (Å²) in [4.78, 5) is 7.43. The highest BCUT2D eigenvalue weighted by molar-refractivity contribution is 5.05. The quantitative estimate of drug-likeness (QED) is 0.668. The smallest absolute Gasteiger partial charge is 0.293 e. The molecule has 1 heterocycles. The Bertz CT molecular complexity index is 233. The monoisotopic (exact) mass is 210 g/mol. The molecule has 1 rings (SSSR count). The molecule has 0 aliphatic carbocycles. The lowest BCUT2D eigenvalue weighted by molar-refractivity contribution is 0.288. The summed E-state index contributed by atoms with van der Waals surface area (Å²) in [6, 6.07) is 0.676. The van der Waals surface area contributed by atoms with Gasteiger partial charge in [0.15, 0.2) is 0 Å². The summed E-state index contributed by atoms with van der Waals surface area (Å²) in [5.74, 6) is 0. The zero-order valence-electron chi connectivity index (χ0n) is 9.88. The van der Waals surface area contributed by atoms with Crippen LogP contribution in [0.4, 0.5) is 0 Å². The number of hydrogen-bond donors (Lipinski definition) is 1. The molecule has 0 aliphatic heterocycles. The second kappa shape index (κ2) is 7.32. The average molecular weight is 210 g/mol.